The van der Waals surface area contributed by atoms with Crippen LogP contribution in [0, 0.1) is 0 Å². The number of aromatic nitrogens is 2. The van der Waals surface area contributed by atoms with Crippen LogP contribution in [0.1, 0.15) is 10.4 Å². The van der Waals surface area contributed by atoms with Gasteiger partial charge >= 0.3 is 0 Å². The summed E-state index contributed by atoms with van der Waals surface area (Å²) in [6, 6.07) is 12.3. The number of nitrogens with zero attached hydrogens (tertiary/aromatic N) is 2. The SMILES string of the molecule is O=C(Sc1ccc(Cl)nn1)c1ccccc1. The second-order valence-corrected chi connectivity index (χ2v) is 4.33. The Morgan fingerprint density at radius 3 is 2.44 bits per heavy atom. The van der Waals surface area contributed by atoms with E-state index in [1.807, 2.05) is 18.2 Å². The minimum Gasteiger partial charge on any atom is -0.281 e. The Balaban J connectivity index is 2.11. The van der Waals surface area contributed by atoms with Gasteiger partial charge in [-0.15, -0.1) is 10.2 Å². The third-order valence-corrected chi connectivity index (χ3v) is 2.86. The van der Waals surface area contributed by atoms with Crippen LogP contribution < -0.4 is 0 Å². The number of halogens is 1. The van der Waals surface area contributed by atoms with E-state index in [9.17, 15) is 4.79 Å². The van der Waals surface area contributed by atoms with Crippen molar-refractivity contribution in [3.05, 3.63) is 53.2 Å². The second-order valence-electron chi connectivity index (χ2n) is 2.95. The summed E-state index contributed by atoms with van der Waals surface area (Å²) in [5.74, 6) is 0. The number of benzene rings is 1. The van der Waals surface area contributed by atoms with Crippen LogP contribution in [0.2, 0.25) is 5.15 Å². The lowest BCUT2D eigenvalue weighted by Gasteiger charge is -1.98. The first-order chi connectivity index (χ1) is 7.75. The quantitative estimate of drug-likeness (QED) is 0.769. The van der Waals surface area contributed by atoms with Crippen LogP contribution in [0.15, 0.2) is 47.5 Å². The highest BCUT2D eigenvalue weighted by Gasteiger charge is 2.08. The van der Waals surface area contributed by atoms with Gasteiger partial charge in [-0.25, -0.2) is 0 Å². The average molecular weight is 251 g/mol. The Kier molecular flexibility index (Phi) is 3.54. The lowest BCUT2D eigenvalue weighted by Crippen LogP contribution is -1.94. The third-order valence-electron chi connectivity index (χ3n) is 1.81. The number of rotatable bonds is 2. The van der Waals surface area contributed by atoms with E-state index in [4.69, 9.17) is 11.6 Å². The monoisotopic (exact) mass is 250 g/mol. The van der Waals surface area contributed by atoms with E-state index in [1.54, 1.807) is 24.3 Å². The molecule has 0 spiro atoms. The number of carbonyl (C=O) groups is 1. The lowest BCUT2D eigenvalue weighted by atomic mass is 10.2. The van der Waals surface area contributed by atoms with E-state index in [-0.39, 0.29) is 5.12 Å². The molecule has 0 N–H and O–H groups in total. The highest BCUT2D eigenvalue weighted by atomic mass is 35.5. The predicted molar refractivity (Wildman–Crippen MR) is 63.7 cm³/mol. The minimum atomic E-state index is -0.0581. The van der Waals surface area contributed by atoms with Crippen LogP contribution in [0.25, 0.3) is 0 Å². The zero-order valence-corrected chi connectivity index (χ0v) is 9.70. The molecule has 2 rings (SSSR count). The minimum absolute atomic E-state index is 0.0581. The molecule has 0 bridgehead atoms. The second kappa shape index (κ2) is 5.09. The fourth-order valence-corrected chi connectivity index (χ4v) is 1.85. The number of hydrogen-bond donors (Lipinski definition) is 0. The predicted octanol–water partition coefficient (Wildman–Crippen LogP) is 3.06. The van der Waals surface area contributed by atoms with Gasteiger partial charge < -0.3 is 0 Å². The van der Waals surface area contributed by atoms with Crippen LogP contribution in [-0.2, 0) is 0 Å². The Morgan fingerprint density at radius 2 is 1.81 bits per heavy atom. The smallest absolute Gasteiger partial charge is 0.225 e. The Morgan fingerprint density at radius 1 is 1.06 bits per heavy atom. The van der Waals surface area contributed by atoms with Crippen molar-refractivity contribution in [1.82, 2.24) is 10.2 Å². The fraction of sp³-hybridized carbons (Fsp3) is 0. The van der Waals surface area contributed by atoms with Gasteiger partial charge in [0, 0.05) is 5.56 Å². The highest BCUT2D eigenvalue weighted by molar-refractivity contribution is 8.14. The highest BCUT2D eigenvalue weighted by Crippen LogP contribution is 2.20. The molecular formula is C11H7ClN2OS. The molecule has 0 aliphatic carbocycles. The summed E-state index contributed by atoms with van der Waals surface area (Å²) >= 11 is 6.63. The largest absolute Gasteiger partial charge is 0.281 e. The third kappa shape index (κ3) is 2.81. The van der Waals surface area contributed by atoms with Gasteiger partial charge in [-0.2, -0.15) is 0 Å². The van der Waals surface area contributed by atoms with Crippen molar-refractivity contribution in [2.24, 2.45) is 0 Å². The van der Waals surface area contributed by atoms with Gasteiger partial charge in [-0.3, -0.25) is 4.79 Å². The molecule has 0 saturated carbocycles. The molecule has 0 fully saturated rings. The van der Waals surface area contributed by atoms with Crippen LogP contribution in [-0.4, -0.2) is 15.3 Å². The maximum atomic E-state index is 11.8. The van der Waals surface area contributed by atoms with Gasteiger partial charge in [-0.05, 0) is 23.9 Å². The van der Waals surface area contributed by atoms with Crippen molar-refractivity contribution in [3.8, 4) is 0 Å². The van der Waals surface area contributed by atoms with Crippen molar-refractivity contribution in [2.45, 2.75) is 5.03 Å². The molecule has 1 heterocycles. The molecule has 0 aliphatic rings. The van der Waals surface area contributed by atoms with Gasteiger partial charge in [0.05, 0.1) is 0 Å². The molecule has 0 unspecified atom stereocenters. The average Bonchev–Trinajstić information content (AvgIpc) is 2.33. The van der Waals surface area contributed by atoms with E-state index in [1.165, 1.54) is 0 Å². The van der Waals surface area contributed by atoms with Crippen molar-refractivity contribution in [2.75, 3.05) is 0 Å². The van der Waals surface area contributed by atoms with E-state index < -0.39 is 0 Å². The Hall–Kier alpha value is -1.39. The van der Waals surface area contributed by atoms with E-state index in [0.717, 1.165) is 11.8 Å². The first-order valence-corrected chi connectivity index (χ1v) is 5.71. The van der Waals surface area contributed by atoms with Gasteiger partial charge in [0.15, 0.2) is 5.15 Å². The molecule has 0 atom stereocenters. The van der Waals surface area contributed by atoms with Crippen molar-refractivity contribution in [3.63, 3.8) is 0 Å². The molecule has 80 valence electrons. The molecule has 1 aromatic heterocycles. The first kappa shape index (κ1) is 11.1. The molecule has 0 aliphatic heterocycles. The van der Waals surface area contributed by atoms with Crippen LogP contribution >= 0.6 is 23.4 Å². The Labute approximate surface area is 102 Å². The van der Waals surface area contributed by atoms with E-state index in [2.05, 4.69) is 10.2 Å². The number of carbonyl (C=O) groups excluding carboxylic acids is 1. The lowest BCUT2D eigenvalue weighted by molar-refractivity contribution is 0.108. The standard InChI is InChI=1S/C11H7ClN2OS/c12-9-6-7-10(14-13-9)16-11(15)8-4-2-1-3-5-8/h1-7H. The van der Waals surface area contributed by atoms with E-state index in [0.29, 0.717) is 15.7 Å². The van der Waals surface area contributed by atoms with Gasteiger partial charge in [0.2, 0.25) is 5.12 Å². The fourth-order valence-electron chi connectivity index (χ4n) is 1.09. The molecule has 0 radical (unpaired) electrons. The normalized spacial score (nSPS) is 10.1. The summed E-state index contributed by atoms with van der Waals surface area (Å²) in [5.41, 5.74) is 0.643. The molecule has 5 heteroatoms. The molecule has 3 nitrogen and oxygen atoms in total. The van der Waals surface area contributed by atoms with Crippen molar-refractivity contribution < 1.29 is 4.79 Å². The molecule has 0 saturated heterocycles. The topological polar surface area (TPSA) is 42.9 Å². The van der Waals surface area contributed by atoms with Gasteiger partial charge in [-0.1, -0.05) is 41.9 Å². The Bertz CT molecular complexity index is 487. The van der Waals surface area contributed by atoms with Crippen LogP contribution in [0.3, 0.4) is 0 Å². The maximum Gasteiger partial charge on any atom is 0.225 e. The van der Waals surface area contributed by atoms with Gasteiger partial charge in [0.1, 0.15) is 5.03 Å². The van der Waals surface area contributed by atoms with Gasteiger partial charge in [0.25, 0.3) is 0 Å². The molecule has 16 heavy (non-hydrogen) atoms. The van der Waals surface area contributed by atoms with Crippen molar-refractivity contribution in [1.29, 1.82) is 0 Å². The molecule has 2 aromatic rings. The molecule has 1 aromatic carbocycles. The summed E-state index contributed by atoms with van der Waals surface area (Å²) < 4.78 is 0. The number of thioether (sulfide) groups is 1. The molecular weight excluding hydrogens is 244 g/mol. The summed E-state index contributed by atoms with van der Waals surface area (Å²) in [5, 5.41) is 8.27. The summed E-state index contributed by atoms with van der Waals surface area (Å²) in [6.07, 6.45) is 0. The number of hydrogen-bond acceptors (Lipinski definition) is 4. The summed E-state index contributed by atoms with van der Waals surface area (Å²) in [4.78, 5) is 11.8. The van der Waals surface area contributed by atoms with Crippen molar-refractivity contribution >= 4 is 28.5 Å². The van der Waals surface area contributed by atoms with E-state index >= 15 is 0 Å². The zero-order chi connectivity index (χ0) is 11.4. The summed E-state index contributed by atoms with van der Waals surface area (Å²) in [6.45, 7) is 0. The molecule has 0 amide bonds. The van der Waals surface area contributed by atoms with Crippen LogP contribution in [0.5, 0.6) is 0 Å². The van der Waals surface area contributed by atoms with Crippen LogP contribution in [0.4, 0.5) is 0 Å². The zero-order valence-electron chi connectivity index (χ0n) is 8.13. The summed E-state index contributed by atoms with van der Waals surface area (Å²) in [7, 11) is 0. The first-order valence-electron chi connectivity index (χ1n) is 4.52. The maximum absolute atomic E-state index is 11.8.